The number of fused-ring (bicyclic) bond motifs is 2. The van der Waals surface area contributed by atoms with Crippen molar-refractivity contribution in [3.8, 4) is 12.1 Å². The molecule has 11 nitrogen and oxygen atoms in total. The van der Waals surface area contributed by atoms with Gasteiger partial charge in [-0.25, -0.2) is 9.07 Å². The fraction of sp³-hybridized carbons (Fsp3) is 0.333. The molecule has 2 N–H and O–H groups in total. The van der Waals surface area contributed by atoms with E-state index < -0.39 is 20.2 Å². The van der Waals surface area contributed by atoms with Gasteiger partial charge in [0.15, 0.2) is 8.32 Å². The van der Waals surface area contributed by atoms with Crippen LogP contribution in [-0.4, -0.2) is 56.8 Å². The summed E-state index contributed by atoms with van der Waals surface area (Å²) in [6, 6.07) is 30.1. The second-order valence-electron chi connectivity index (χ2n) is 19.2. The molecule has 0 aliphatic carbocycles. The molecule has 4 heterocycles. The Morgan fingerprint density at radius 3 is 2.30 bits per heavy atom. The lowest BCUT2D eigenvalue weighted by Crippen LogP contribution is -2.46. The first-order valence-electron chi connectivity index (χ1n) is 22.0. The van der Waals surface area contributed by atoms with E-state index >= 15 is 0 Å². The van der Waals surface area contributed by atoms with Gasteiger partial charge in [0, 0.05) is 53.2 Å². The molecule has 3 aromatic heterocycles. The van der Waals surface area contributed by atoms with Gasteiger partial charge in [-0.05, 0) is 105 Å². The van der Waals surface area contributed by atoms with Gasteiger partial charge in [0.25, 0.3) is 0 Å². The number of hydrogen-bond donors (Lipinski definition) is 2. The molecular weight excluding hydrogens is 887 g/mol. The van der Waals surface area contributed by atoms with Gasteiger partial charge in [0.05, 0.1) is 62.8 Å². The Morgan fingerprint density at radius 1 is 0.864 bits per heavy atom. The molecule has 340 valence electrons. The second-order valence-corrected chi connectivity index (χ2v) is 24.8. The maximum absolute atomic E-state index is 14.0. The highest BCUT2D eigenvalue weighted by atomic mass is 35.5. The second kappa shape index (κ2) is 19.9. The minimum Gasteiger partial charge on any atom is -0.413 e. The molecule has 7 aromatic rings. The number of aromatic nitrogens is 5. The number of likely N-dealkylation sites (tertiary alicyclic amines) is 1. The number of anilines is 3. The maximum Gasteiger partial charge on any atom is 0.192 e. The van der Waals surface area contributed by atoms with Crippen LogP contribution in [0.15, 0.2) is 104 Å². The summed E-state index contributed by atoms with van der Waals surface area (Å²) in [5.41, 5.74) is 6.94. The van der Waals surface area contributed by atoms with Gasteiger partial charge in [0.1, 0.15) is 23.6 Å². The molecule has 1 fully saturated rings. The Labute approximate surface area is 397 Å². The standard InChI is InChI=1S/C41H49Cl2FN8OSi.C10H6N2/c1-40(2,3)51-16-14-31(15-17-51)52-24-36(49-50-52)38(27-11-9-10-26(18-27)25-53-54(7,8)41(4,5)6)48-30-19-32-37(47-29-12-13-35(44)33(42)20-29)28(22-45)23-46-39(32)34(43)21-30;11-6-8-5-9-3-1-2-4-10(9)12-7-8/h9-13,18-21,23-24,31,38,48H,14-17,25H2,1-8H3,(H,46,47);1-5,7H/t38-;/m0./s1. The quantitative estimate of drug-likeness (QED) is 0.127. The van der Waals surface area contributed by atoms with Crippen molar-refractivity contribution in [2.24, 2.45) is 0 Å². The average Bonchev–Trinajstić information content (AvgIpc) is 3.79. The van der Waals surface area contributed by atoms with Crippen LogP contribution in [0.5, 0.6) is 0 Å². The Bertz CT molecular complexity index is 2940. The molecule has 0 spiro atoms. The molecule has 0 amide bonds. The van der Waals surface area contributed by atoms with Crippen molar-refractivity contribution < 1.29 is 8.82 Å². The van der Waals surface area contributed by atoms with Crippen LogP contribution in [0.3, 0.4) is 0 Å². The molecule has 1 atom stereocenters. The van der Waals surface area contributed by atoms with E-state index in [0.717, 1.165) is 53.7 Å². The zero-order valence-corrected chi connectivity index (χ0v) is 41.1. The minimum absolute atomic E-state index is 0.0372. The van der Waals surface area contributed by atoms with Gasteiger partial charge >= 0.3 is 0 Å². The van der Waals surface area contributed by atoms with Crippen molar-refractivity contribution in [1.29, 1.82) is 10.5 Å². The number of nitriles is 2. The van der Waals surface area contributed by atoms with E-state index in [0.29, 0.717) is 50.7 Å². The highest BCUT2D eigenvalue weighted by molar-refractivity contribution is 6.74. The van der Waals surface area contributed by atoms with Crippen LogP contribution in [0.2, 0.25) is 28.2 Å². The summed E-state index contributed by atoms with van der Waals surface area (Å²) < 4.78 is 22.6. The number of pyridine rings is 2. The van der Waals surface area contributed by atoms with Crippen LogP contribution >= 0.6 is 23.2 Å². The van der Waals surface area contributed by atoms with Crippen LogP contribution in [0.4, 0.5) is 21.5 Å². The summed E-state index contributed by atoms with van der Waals surface area (Å²) in [7, 11) is -1.99. The molecule has 0 bridgehead atoms. The summed E-state index contributed by atoms with van der Waals surface area (Å²) >= 11 is 13.0. The molecule has 66 heavy (non-hydrogen) atoms. The fourth-order valence-corrected chi connectivity index (χ4v) is 9.06. The molecular formula is C51H55Cl2FN10OSi. The molecule has 0 radical (unpaired) electrons. The van der Waals surface area contributed by atoms with E-state index in [2.05, 4.69) is 122 Å². The number of nitrogens with one attached hydrogen (secondary N) is 2. The molecule has 1 aliphatic rings. The molecule has 0 unspecified atom stereocenters. The van der Waals surface area contributed by atoms with E-state index in [1.165, 1.54) is 18.3 Å². The molecule has 4 aromatic carbocycles. The number of benzene rings is 4. The van der Waals surface area contributed by atoms with Crippen molar-refractivity contribution in [2.75, 3.05) is 23.7 Å². The van der Waals surface area contributed by atoms with E-state index in [4.69, 9.17) is 38.0 Å². The van der Waals surface area contributed by atoms with Crippen LogP contribution in [0.1, 0.15) is 94.4 Å². The SMILES string of the molecule is CC(C)(C)N1CCC(n2cc([C@@H](Nc3cc(Cl)c4ncc(C#N)c(Nc5ccc(F)c(Cl)c5)c4c3)c3cccc(CO[Si](C)(C)C(C)(C)C)c3)nn2)CC1.N#Cc1cnc2ccccc2c1. The molecule has 8 rings (SSSR count). The average molecular weight is 942 g/mol. The lowest BCUT2D eigenvalue weighted by Gasteiger charge is -2.40. The Hall–Kier alpha value is -5.93. The first-order valence-corrected chi connectivity index (χ1v) is 25.7. The van der Waals surface area contributed by atoms with Crippen molar-refractivity contribution in [1.82, 2.24) is 29.9 Å². The summed E-state index contributed by atoms with van der Waals surface area (Å²) in [5, 5.41) is 37.1. The third-order valence-electron chi connectivity index (χ3n) is 12.6. The first kappa shape index (κ1) is 48.0. The molecule has 0 saturated carbocycles. The third kappa shape index (κ3) is 11.2. The topological polar surface area (TPSA) is 141 Å². The van der Waals surface area contributed by atoms with Crippen LogP contribution in [-0.2, 0) is 11.0 Å². The van der Waals surface area contributed by atoms with Crippen molar-refractivity contribution >= 4 is 70.4 Å². The molecule has 15 heteroatoms. The van der Waals surface area contributed by atoms with Gasteiger partial charge in [-0.2, -0.15) is 10.5 Å². The Balaban J connectivity index is 0.000000464. The number of halogens is 3. The van der Waals surface area contributed by atoms with E-state index in [1.54, 1.807) is 12.3 Å². The number of rotatable bonds is 10. The van der Waals surface area contributed by atoms with Gasteiger partial charge in [-0.1, -0.05) is 91.7 Å². The maximum atomic E-state index is 14.0. The summed E-state index contributed by atoms with van der Waals surface area (Å²) in [5.74, 6) is -0.536. The van der Waals surface area contributed by atoms with Crippen molar-refractivity contribution in [3.63, 3.8) is 0 Å². The number of nitrogens with zero attached hydrogens (tertiary/aromatic N) is 8. The third-order valence-corrected chi connectivity index (χ3v) is 17.6. The number of piperidine rings is 1. The van der Waals surface area contributed by atoms with E-state index in [1.807, 2.05) is 53.2 Å². The predicted molar refractivity (Wildman–Crippen MR) is 266 cm³/mol. The fourth-order valence-electron chi connectivity index (χ4n) is 7.65. The van der Waals surface area contributed by atoms with Gasteiger partial charge in [-0.3, -0.25) is 14.9 Å². The monoisotopic (exact) mass is 940 g/mol. The summed E-state index contributed by atoms with van der Waals surface area (Å²) in [4.78, 5) is 11.2. The van der Waals surface area contributed by atoms with Gasteiger partial charge in [0.2, 0.25) is 0 Å². The lowest BCUT2D eigenvalue weighted by atomic mass is 9.98. The van der Waals surface area contributed by atoms with E-state index in [-0.39, 0.29) is 21.6 Å². The molecule has 1 aliphatic heterocycles. The van der Waals surface area contributed by atoms with Gasteiger partial charge < -0.3 is 15.1 Å². The largest absolute Gasteiger partial charge is 0.413 e. The minimum atomic E-state index is -1.99. The zero-order valence-electron chi connectivity index (χ0n) is 38.6. The lowest BCUT2D eigenvalue weighted by molar-refractivity contribution is 0.0866. The highest BCUT2D eigenvalue weighted by Gasteiger charge is 2.37. The normalized spacial score (nSPS) is 14.3. The summed E-state index contributed by atoms with van der Waals surface area (Å²) in [6.45, 7) is 20.5. The van der Waals surface area contributed by atoms with Gasteiger partial charge in [-0.15, -0.1) is 5.10 Å². The van der Waals surface area contributed by atoms with Crippen LogP contribution in [0.25, 0.3) is 21.8 Å². The Kier molecular flexibility index (Phi) is 14.5. The Morgan fingerprint density at radius 2 is 1.61 bits per heavy atom. The first-order chi connectivity index (χ1) is 31.3. The zero-order chi connectivity index (χ0) is 47.4. The van der Waals surface area contributed by atoms with Crippen molar-refractivity contribution in [3.05, 3.63) is 147 Å². The van der Waals surface area contributed by atoms with Crippen LogP contribution in [0, 0.1) is 28.5 Å². The highest BCUT2D eigenvalue weighted by Crippen LogP contribution is 2.39. The number of para-hydroxylation sites is 1. The predicted octanol–water partition coefficient (Wildman–Crippen LogP) is 13.2. The molecule has 1 saturated heterocycles. The number of hydrogen-bond acceptors (Lipinski definition) is 10. The smallest absolute Gasteiger partial charge is 0.192 e. The van der Waals surface area contributed by atoms with Crippen molar-refractivity contribution in [2.45, 2.75) is 96.7 Å². The summed E-state index contributed by atoms with van der Waals surface area (Å²) in [6.07, 6.45) is 7.09. The van der Waals surface area contributed by atoms with E-state index in [9.17, 15) is 9.65 Å². The van der Waals surface area contributed by atoms with Crippen LogP contribution < -0.4 is 10.6 Å².